The number of aromatic nitrogens is 2. The minimum absolute atomic E-state index is 0.0123. The van der Waals surface area contributed by atoms with Crippen molar-refractivity contribution in [1.29, 1.82) is 0 Å². The van der Waals surface area contributed by atoms with Gasteiger partial charge < -0.3 is 25.3 Å². The molecule has 1 unspecified atom stereocenters. The Morgan fingerprint density at radius 2 is 1.97 bits per heavy atom. The lowest BCUT2D eigenvalue weighted by molar-refractivity contribution is -0.137. The molecule has 11 heteroatoms. The van der Waals surface area contributed by atoms with E-state index in [0.29, 0.717) is 47.0 Å². The first-order valence-corrected chi connectivity index (χ1v) is 10.6. The predicted molar refractivity (Wildman–Crippen MR) is 119 cm³/mol. The average molecular weight is 483 g/mol. The van der Waals surface area contributed by atoms with Crippen molar-refractivity contribution in [3.05, 3.63) is 46.7 Å². The van der Waals surface area contributed by atoms with Gasteiger partial charge in [0.15, 0.2) is 11.5 Å². The number of anilines is 2. The van der Waals surface area contributed by atoms with Crippen molar-refractivity contribution in [1.82, 2.24) is 9.97 Å². The van der Waals surface area contributed by atoms with Crippen LogP contribution in [-0.2, 0) is 10.9 Å². The molecule has 3 N–H and O–H groups in total. The Morgan fingerprint density at radius 3 is 2.64 bits per heavy atom. The van der Waals surface area contributed by atoms with Gasteiger partial charge >= 0.3 is 6.18 Å². The van der Waals surface area contributed by atoms with Crippen LogP contribution < -0.4 is 20.5 Å². The molecule has 0 bridgehead atoms. The molecule has 0 spiro atoms. The van der Waals surface area contributed by atoms with E-state index in [4.69, 9.17) is 31.5 Å². The van der Waals surface area contributed by atoms with E-state index in [0.717, 1.165) is 18.6 Å². The molecule has 7 nitrogen and oxygen atoms in total. The maximum atomic E-state index is 13.2. The first-order valence-electron chi connectivity index (χ1n) is 10.2. The zero-order valence-corrected chi connectivity index (χ0v) is 18.6. The molecule has 2 heterocycles. The third-order valence-electron chi connectivity index (χ3n) is 5.29. The minimum atomic E-state index is -4.51. The van der Waals surface area contributed by atoms with Crippen LogP contribution in [0.3, 0.4) is 0 Å². The SMILES string of the molecule is COc1cc2nc(Cl)nc(NC(C)c3cc(N)cc(C(F)(F)F)c3)c2cc1O[C@H]1CCOC1. The van der Waals surface area contributed by atoms with Crippen molar-refractivity contribution in [2.75, 3.05) is 31.4 Å². The number of hydrogen-bond donors (Lipinski definition) is 2. The topological polar surface area (TPSA) is 91.5 Å². The van der Waals surface area contributed by atoms with E-state index in [-0.39, 0.29) is 17.1 Å². The lowest BCUT2D eigenvalue weighted by atomic mass is 10.0. The smallest absolute Gasteiger partial charge is 0.416 e. The lowest BCUT2D eigenvalue weighted by Crippen LogP contribution is -2.16. The Morgan fingerprint density at radius 1 is 1.18 bits per heavy atom. The number of alkyl halides is 3. The summed E-state index contributed by atoms with van der Waals surface area (Å²) >= 11 is 6.12. The van der Waals surface area contributed by atoms with Gasteiger partial charge in [-0.05, 0) is 48.4 Å². The van der Waals surface area contributed by atoms with Gasteiger partial charge in [-0.25, -0.2) is 9.97 Å². The molecule has 4 rings (SSSR count). The quantitative estimate of drug-likeness (QED) is 0.367. The molecule has 0 amide bonds. The molecular weight excluding hydrogens is 461 g/mol. The number of nitrogens with one attached hydrogen (secondary N) is 1. The molecule has 1 saturated heterocycles. The van der Waals surface area contributed by atoms with Crippen molar-refractivity contribution in [3.8, 4) is 11.5 Å². The van der Waals surface area contributed by atoms with E-state index in [1.54, 1.807) is 19.1 Å². The molecule has 3 aromatic rings. The molecule has 2 aromatic carbocycles. The molecule has 0 saturated carbocycles. The molecule has 1 aliphatic rings. The molecule has 2 atom stereocenters. The lowest BCUT2D eigenvalue weighted by Gasteiger charge is -2.20. The van der Waals surface area contributed by atoms with Crippen LogP contribution in [-0.4, -0.2) is 36.4 Å². The van der Waals surface area contributed by atoms with E-state index in [1.165, 1.54) is 13.2 Å². The maximum absolute atomic E-state index is 13.2. The summed E-state index contributed by atoms with van der Waals surface area (Å²) in [5, 5.41) is 3.67. The zero-order chi connectivity index (χ0) is 23.8. The molecule has 33 heavy (non-hydrogen) atoms. The molecule has 0 aliphatic carbocycles. The fraction of sp³-hybridized carbons (Fsp3) is 0.364. The predicted octanol–water partition coefficient (Wildman–Crippen LogP) is 5.23. The van der Waals surface area contributed by atoms with Crippen LogP contribution in [0.1, 0.15) is 30.5 Å². The molecule has 1 aliphatic heterocycles. The van der Waals surface area contributed by atoms with E-state index >= 15 is 0 Å². The fourth-order valence-electron chi connectivity index (χ4n) is 3.63. The fourth-order valence-corrected chi connectivity index (χ4v) is 3.81. The highest BCUT2D eigenvalue weighted by atomic mass is 35.5. The third-order valence-corrected chi connectivity index (χ3v) is 5.46. The van der Waals surface area contributed by atoms with Crippen molar-refractivity contribution in [2.45, 2.75) is 31.7 Å². The first-order chi connectivity index (χ1) is 15.6. The summed E-state index contributed by atoms with van der Waals surface area (Å²) in [7, 11) is 1.52. The van der Waals surface area contributed by atoms with Gasteiger partial charge in [0.2, 0.25) is 5.28 Å². The second-order valence-electron chi connectivity index (χ2n) is 7.72. The van der Waals surface area contributed by atoms with Gasteiger partial charge in [-0.1, -0.05) is 0 Å². The van der Waals surface area contributed by atoms with Gasteiger partial charge in [-0.3, -0.25) is 0 Å². The first kappa shape index (κ1) is 23.2. The highest BCUT2D eigenvalue weighted by Crippen LogP contribution is 2.38. The number of nitrogen functional groups attached to an aromatic ring is 1. The summed E-state index contributed by atoms with van der Waals surface area (Å²) in [6.07, 6.45) is -3.88. The maximum Gasteiger partial charge on any atom is 0.416 e. The zero-order valence-electron chi connectivity index (χ0n) is 17.9. The second kappa shape index (κ2) is 9.11. The number of benzene rings is 2. The summed E-state index contributed by atoms with van der Waals surface area (Å²) in [6.45, 7) is 2.79. The largest absolute Gasteiger partial charge is 0.493 e. The average Bonchev–Trinajstić information content (AvgIpc) is 3.25. The van der Waals surface area contributed by atoms with Crippen molar-refractivity contribution in [3.63, 3.8) is 0 Å². The van der Waals surface area contributed by atoms with Crippen molar-refractivity contribution < 1.29 is 27.4 Å². The van der Waals surface area contributed by atoms with E-state index in [1.807, 2.05) is 0 Å². The van der Waals surface area contributed by atoms with Crippen LogP contribution in [0.15, 0.2) is 30.3 Å². The number of ether oxygens (including phenoxy) is 3. The molecule has 0 radical (unpaired) electrons. The summed E-state index contributed by atoms with van der Waals surface area (Å²) in [4.78, 5) is 8.50. The Hall–Kier alpha value is -2.98. The summed E-state index contributed by atoms with van der Waals surface area (Å²) in [5.74, 6) is 1.28. The molecule has 1 fully saturated rings. The summed E-state index contributed by atoms with van der Waals surface area (Å²) in [6, 6.07) is 6.26. The van der Waals surface area contributed by atoms with Gasteiger partial charge in [-0.2, -0.15) is 13.2 Å². The monoisotopic (exact) mass is 482 g/mol. The number of methoxy groups -OCH3 is 1. The van der Waals surface area contributed by atoms with Gasteiger partial charge in [0.1, 0.15) is 11.9 Å². The standard InChI is InChI=1S/C22H22ClF3N4O3/c1-11(12-5-13(22(24,25)26)7-14(27)6-12)28-20-16-8-19(33-15-3-4-32-10-15)18(31-2)9-17(16)29-21(23)30-20/h5-9,11,15H,3-4,10,27H2,1-2H3,(H,28,29,30)/t11?,15-/m0/s1. The van der Waals surface area contributed by atoms with Gasteiger partial charge in [0.25, 0.3) is 0 Å². The highest BCUT2D eigenvalue weighted by molar-refractivity contribution is 6.28. The molecule has 176 valence electrons. The van der Waals surface area contributed by atoms with Crippen LogP contribution in [0.4, 0.5) is 24.7 Å². The number of nitrogens with two attached hydrogens (primary N) is 1. The van der Waals surface area contributed by atoms with E-state index < -0.39 is 17.8 Å². The van der Waals surface area contributed by atoms with Crippen LogP contribution in [0, 0.1) is 0 Å². The van der Waals surface area contributed by atoms with E-state index in [2.05, 4.69) is 15.3 Å². The molecular formula is C22H22ClF3N4O3. The van der Waals surface area contributed by atoms with Crippen LogP contribution in [0.25, 0.3) is 10.9 Å². The minimum Gasteiger partial charge on any atom is -0.493 e. The number of halogens is 4. The van der Waals surface area contributed by atoms with Crippen molar-refractivity contribution >= 4 is 34.0 Å². The molecule has 1 aromatic heterocycles. The third kappa shape index (κ3) is 5.17. The van der Waals surface area contributed by atoms with Gasteiger partial charge in [0.05, 0.1) is 37.4 Å². The number of fused-ring (bicyclic) bond motifs is 1. The van der Waals surface area contributed by atoms with Crippen molar-refractivity contribution in [2.24, 2.45) is 0 Å². The number of rotatable bonds is 6. The van der Waals surface area contributed by atoms with Crippen LogP contribution >= 0.6 is 11.6 Å². The van der Waals surface area contributed by atoms with Gasteiger partial charge in [0, 0.05) is 23.6 Å². The van der Waals surface area contributed by atoms with Crippen LogP contribution in [0.5, 0.6) is 11.5 Å². The summed E-state index contributed by atoms with van der Waals surface area (Å²) < 4.78 is 56.5. The summed E-state index contributed by atoms with van der Waals surface area (Å²) in [5.41, 5.74) is 5.74. The van der Waals surface area contributed by atoms with Gasteiger partial charge in [-0.15, -0.1) is 0 Å². The number of hydrogen-bond acceptors (Lipinski definition) is 7. The second-order valence-corrected chi connectivity index (χ2v) is 8.06. The normalized spacial score (nSPS) is 17.2. The highest BCUT2D eigenvalue weighted by Gasteiger charge is 2.31. The Kier molecular flexibility index (Phi) is 6.40. The Bertz CT molecular complexity index is 1170. The van der Waals surface area contributed by atoms with Crippen LogP contribution in [0.2, 0.25) is 5.28 Å². The number of nitrogens with zero attached hydrogens (tertiary/aromatic N) is 2. The Balaban J connectivity index is 1.71. The Labute approximate surface area is 193 Å². The van der Waals surface area contributed by atoms with E-state index in [9.17, 15) is 13.2 Å².